The van der Waals surface area contributed by atoms with E-state index in [1.807, 2.05) is 24.3 Å². The second-order valence-electron chi connectivity index (χ2n) is 4.67. The van der Waals surface area contributed by atoms with Gasteiger partial charge in [-0.3, -0.25) is 11.3 Å². The molecule has 19 heavy (non-hydrogen) atoms. The minimum Gasteiger partial charge on any atom is -0.370 e. The summed E-state index contributed by atoms with van der Waals surface area (Å²) in [6.07, 6.45) is -4.32. The van der Waals surface area contributed by atoms with Gasteiger partial charge in [-0.1, -0.05) is 38.1 Å². The number of benzene rings is 1. The number of nitrogens with two attached hydrogens (primary N) is 1. The lowest BCUT2D eigenvalue weighted by molar-refractivity contribution is -0.175. The lowest BCUT2D eigenvalue weighted by Crippen LogP contribution is -2.32. The summed E-state index contributed by atoms with van der Waals surface area (Å²) in [7, 11) is 0. The molecule has 0 aliphatic carbocycles. The van der Waals surface area contributed by atoms with Gasteiger partial charge < -0.3 is 4.74 Å². The first-order valence-corrected chi connectivity index (χ1v) is 6.04. The molecule has 0 bridgehead atoms. The van der Waals surface area contributed by atoms with Gasteiger partial charge in [-0.15, -0.1) is 0 Å². The first-order valence-electron chi connectivity index (χ1n) is 6.04. The van der Waals surface area contributed by atoms with Gasteiger partial charge in [-0.05, 0) is 17.0 Å². The number of rotatable bonds is 6. The minimum absolute atomic E-state index is 0.128. The van der Waals surface area contributed by atoms with Crippen LogP contribution in [0.3, 0.4) is 0 Å². The molecule has 0 aliphatic heterocycles. The average molecular weight is 276 g/mol. The maximum absolute atomic E-state index is 12.0. The molecule has 1 aromatic carbocycles. The van der Waals surface area contributed by atoms with Crippen LogP contribution < -0.4 is 11.3 Å². The Morgan fingerprint density at radius 3 is 2.11 bits per heavy atom. The van der Waals surface area contributed by atoms with Crippen molar-refractivity contribution in [3.05, 3.63) is 35.4 Å². The highest BCUT2D eigenvalue weighted by Gasteiger charge is 2.28. The summed E-state index contributed by atoms with van der Waals surface area (Å²) >= 11 is 0. The van der Waals surface area contributed by atoms with Crippen molar-refractivity contribution in [1.82, 2.24) is 5.43 Å². The van der Waals surface area contributed by atoms with Gasteiger partial charge in [0.25, 0.3) is 0 Å². The number of nitrogens with one attached hydrogen (secondary N) is 1. The summed E-state index contributed by atoms with van der Waals surface area (Å²) in [5, 5.41) is 0. The van der Waals surface area contributed by atoms with Crippen molar-refractivity contribution in [2.75, 3.05) is 13.2 Å². The third-order valence-corrected chi connectivity index (χ3v) is 2.76. The third-order valence-electron chi connectivity index (χ3n) is 2.76. The van der Waals surface area contributed by atoms with E-state index in [4.69, 9.17) is 5.84 Å². The summed E-state index contributed by atoms with van der Waals surface area (Å²) in [6.45, 7) is 2.74. The highest BCUT2D eigenvalue weighted by molar-refractivity contribution is 5.26. The van der Waals surface area contributed by atoms with E-state index < -0.39 is 18.8 Å². The summed E-state index contributed by atoms with van der Waals surface area (Å²) in [5.41, 5.74) is 4.42. The third kappa shape index (κ3) is 5.59. The smallest absolute Gasteiger partial charge is 0.370 e. The molecule has 1 rings (SSSR count). The maximum Gasteiger partial charge on any atom is 0.411 e. The molecule has 1 atom stereocenters. The Labute approximate surface area is 110 Å². The monoisotopic (exact) mass is 276 g/mol. The summed E-state index contributed by atoms with van der Waals surface area (Å²) in [5.74, 6) is 5.74. The number of alkyl halides is 3. The van der Waals surface area contributed by atoms with Crippen LogP contribution in [-0.4, -0.2) is 19.4 Å². The van der Waals surface area contributed by atoms with Crippen LogP contribution in [0.2, 0.25) is 0 Å². The molecule has 108 valence electrons. The van der Waals surface area contributed by atoms with E-state index in [0.29, 0.717) is 5.92 Å². The molecule has 0 aliphatic rings. The lowest BCUT2D eigenvalue weighted by Gasteiger charge is -2.18. The van der Waals surface area contributed by atoms with Crippen LogP contribution in [0.5, 0.6) is 0 Å². The van der Waals surface area contributed by atoms with Crippen LogP contribution in [0.15, 0.2) is 24.3 Å². The topological polar surface area (TPSA) is 47.3 Å². The highest BCUT2D eigenvalue weighted by Crippen LogP contribution is 2.20. The van der Waals surface area contributed by atoms with Gasteiger partial charge in [0.2, 0.25) is 0 Å². The van der Waals surface area contributed by atoms with Gasteiger partial charge in [0, 0.05) is 0 Å². The second-order valence-corrected chi connectivity index (χ2v) is 4.67. The van der Waals surface area contributed by atoms with Crippen molar-refractivity contribution in [3.8, 4) is 0 Å². The molecule has 1 unspecified atom stereocenters. The molecule has 0 saturated heterocycles. The molecule has 3 N–H and O–H groups in total. The Bertz CT molecular complexity index is 376. The summed E-state index contributed by atoms with van der Waals surface area (Å²) in [6, 6.07) is 7.11. The normalized spacial score (nSPS) is 13.8. The molecule has 0 amide bonds. The van der Waals surface area contributed by atoms with Gasteiger partial charge in [0.1, 0.15) is 6.61 Å². The molecular weight excluding hydrogens is 257 g/mol. The van der Waals surface area contributed by atoms with E-state index in [1.54, 1.807) is 0 Å². The molecule has 0 radical (unpaired) electrons. The molecule has 0 aromatic heterocycles. The van der Waals surface area contributed by atoms with Crippen molar-refractivity contribution in [3.63, 3.8) is 0 Å². The van der Waals surface area contributed by atoms with Crippen LogP contribution in [0.1, 0.15) is 36.9 Å². The fraction of sp³-hybridized carbons (Fsp3) is 0.538. The van der Waals surface area contributed by atoms with Crippen LogP contribution in [-0.2, 0) is 4.74 Å². The van der Waals surface area contributed by atoms with Crippen molar-refractivity contribution < 1.29 is 17.9 Å². The summed E-state index contributed by atoms with van der Waals surface area (Å²) < 4.78 is 40.5. The van der Waals surface area contributed by atoms with E-state index in [2.05, 4.69) is 24.0 Å². The zero-order valence-corrected chi connectivity index (χ0v) is 11.0. The van der Waals surface area contributed by atoms with Crippen LogP contribution in [0.4, 0.5) is 13.2 Å². The zero-order valence-electron chi connectivity index (χ0n) is 11.0. The van der Waals surface area contributed by atoms with Crippen molar-refractivity contribution in [1.29, 1.82) is 0 Å². The number of hydrogen-bond acceptors (Lipinski definition) is 3. The second kappa shape index (κ2) is 6.88. The quantitative estimate of drug-likeness (QED) is 0.620. The molecule has 1 aromatic rings. The van der Waals surface area contributed by atoms with Gasteiger partial charge in [0.05, 0.1) is 12.6 Å². The fourth-order valence-electron chi connectivity index (χ4n) is 1.65. The van der Waals surface area contributed by atoms with Gasteiger partial charge >= 0.3 is 6.18 Å². The lowest BCUT2D eigenvalue weighted by atomic mass is 9.99. The van der Waals surface area contributed by atoms with Gasteiger partial charge in [-0.2, -0.15) is 13.2 Å². The largest absolute Gasteiger partial charge is 0.411 e. The average Bonchev–Trinajstić information content (AvgIpc) is 2.33. The Morgan fingerprint density at radius 1 is 1.16 bits per heavy atom. The van der Waals surface area contributed by atoms with E-state index >= 15 is 0 Å². The van der Waals surface area contributed by atoms with Crippen molar-refractivity contribution >= 4 is 0 Å². The molecule has 0 saturated carbocycles. The number of ether oxygens (including phenoxy) is 1. The first kappa shape index (κ1) is 15.9. The Balaban J connectivity index is 2.59. The molecule has 0 fully saturated rings. The number of hydrazine groups is 1. The van der Waals surface area contributed by atoms with Gasteiger partial charge in [-0.25, -0.2) is 0 Å². The summed E-state index contributed by atoms with van der Waals surface area (Å²) in [4.78, 5) is 0. The fourth-order valence-corrected chi connectivity index (χ4v) is 1.65. The van der Waals surface area contributed by atoms with E-state index in [9.17, 15) is 13.2 Å². The standard InChI is InChI=1S/C13H19F3N2O/c1-9(2)10-3-5-11(6-4-10)12(18-17)7-19-8-13(14,15)16/h3-6,9,12,18H,7-8,17H2,1-2H3. The molecule has 0 heterocycles. The predicted octanol–water partition coefficient (Wildman–Crippen LogP) is 2.89. The Morgan fingerprint density at radius 2 is 1.68 bits per heavy atom. The Hall–Kier alpha value is -1.11. The molecule has 0 spiro atoms. The number of hydrogen-bond donors (Lipinski definition) is 2. The predicted molar refractivity (Wildman–Crippen MR) is 67.5 cm³/mol. The van der Waals surface area contributed by atoms with Crippen molar-refractivity contribution in [2.45, 2.75) is 32.0 Å². The van der Waals surface area contributed by atoms with Crippen molar-refractivity contribution in [2.24, 2.45) is 5.84 Å². The SMILES string of the molecule is CC(C)c1ccc(C(COCC(F)(F)F)NN)cc1. The Kier molecular flexibility index (Phi) is 5.78. The van der Waals surface area contributed by atoms with Crippen LogP contribution >= 0.6 is 0 Å². The van der Waals surface area contributed by atoms with E-state index in [0.717, 1.165) is 11.1 Å². The molecular formula is C13H19F3N2O. The van der Waals surface area contributed by atoms with E-state index in [1.165, 1.54) is 0 Å². The van der Waals surface area contributed by atoms with Crippen LogP contribution in [0, 0.1) is 0 Å². The molecule has 3 nitrogen and oxygen atoms in total. The first-order chi connectivity index (χ1) is 8.83. The molecule has 6 heteroatoms. The van der Waals surface area contributed by atoms with Gasteiger partial charge in [0.15, 0.2) is 0 Å². The zero-order chi connectivity index (χ0) is 14.5. The highest BCUT2D eigenvalue weighted by atomic mass is 19.4. The maximum atomic E-state index is 12.0. The minimum atomic E-state index is -4.32. The van der Waals surface area contributed by atoms with Crippen LogP contribution in [0.25, 0.3) is 0 Å². The van der Waals surface area contributed by atoms with E-state index in [-0.39, 0.29) is 6.61 Å². The number of halogens is 3.